The fourth-order valence-electron chi connectivity index (χ4n) is 2.96. The van der Waals surface area contributed by atoms with Crippen LogP contribution < -0.4 is 5.32 Å². The van der Waals surface area contributed by atoms with Gasteiger partial charge in [0.1, 0.15) is 5.75 Å². The van der Waals surface area contributed by atoms with Gasteiger partial charge in [-0.1, -0.05) is 18.2 Å². The highest BCUT2D eigenvalue weighted by Gasteiger charge is 2.21. The van der Waals surface area contributed by atoms with Crippen LogP contribution in [0.2, 0.25) is 0 Å². The van der Waals surface area contributed by atoms with Gasteiger partial charge in [-0.2, -0.15) is 0 Å². The molecule has 1 unspecified atom stereocenters. The second-order valence-corrected chi connectivity index (χ2v) is 7.12. The number of anilines is 1. The van der Waals surface area contributed by atoms with Crippen LogP contribution in [0.4, 0.5) is 5.13 Å². The average Bonchev–Trinajstić information content (AvgIpc) is 3.21. The monoisotopic (exact) mass is 361 g/mol. The van der Waals surface area contributed by atoms with E-state index in [2.05, 4.69) is 15.2 Å². The molecule has 2 aromatic rings. The number of carbonyl (C=O) groups is 1. The van der Waals surface area contributed by atoms with Gasteiger partial charge in [-0.25, -0.2) is 4.98 Å². The summed E-state index contributed by atoms with van der Waals surface area (Å²) < 4.78 is 5.77. The first-order chi connectivity index (χ1) is 12.1. The van der Waals surface area contributed by atoms with E-state index in [1.807, 2.05) is 23.6 Å². The molecule has 1 amide bonds. The molecule has 0 saturated carbocycles. The van der Waals surface area contributed by atoms with E-state index in [1.54, 1.807) is 6.07 Å². The number of carbonyl (C=O) groups excluding carboxylic acids is 1. The van der Waals surface area contributed by atoms with Gasteiger partial charge in [0, 0.05) is 44.1 Å². The minimum Gasteiger partial charge on any atom is -0.508 e. The van der Waals surface area contributed by atoms with Gasteiger partial charge >= 0.3 is 0 Å². The van der Waals surface area contributed by atoms with Gasteiger partial charge in [0.05, 0.1) is 11.8 Å². The number of ether oxygens (including phenoxy) is 1. The summed E-state index contributed by atoms with van der Waals surface area (Å²) in [5.41, 5.74) is 1.79. The van der Waals surface area contributed by atoms with E-state index < -0.39 is 0 Å². The summed E-state index contributed by atoms with van der Waals surface area (Å²) in [6.45, 7) is 4.35. The molecule has 1 aliphatic heterocycles. The molecule has 1 aromatic heterocycles. The van der Waals surface area contributed by atoms with E-state index in [0.717, 1.165) is 37.3 Å². The van der Waals surface area contributed by atoms with Crippen LogP contribution in [0.3, 0.4) is 0 Å². The van der Waals surface area contributed by atoms with Gasteiger partial charge in [0.15, 0.2) is 5.13 Å². The largest absolute Gasteiger partial charge is 0.508 e. The van der Waals surface area contributed by atoms with Gasteiger partial charge in [0.25, 0.3) is 0 Å². The number of para-hydroxylation sites is 1. The summed E-state index contributed by atoms with van der Waals surface area (Å²) >= 11 is 1.42. The zero-order valence-electron chi connectivity index (χ0n) is 14.3. The molecule has 25 heavy (non-hydrogen) atoms. The molecule has 0 radical (unpaired) electrons. The standard InChI is InChI=1S/C18H23N3O3S/c1-13(22)19-18-20-15(12-25-18)10-21(11-16-6-4-8-24-16)9-14-5-2-3-7-17(14)23/h2-3,5,7,12,16,23H,4,6,8-11H2,1H3,(H,19,20,22). The van der Waals surface area contributed by atoms with E-state index in [-0.39, 0.29) is 12.0 Å². The summed E-state index contributed by atoms with van der Waals surface area (Å²) in [5, 5.41) is 15.4. The third-order valence-electron chi connectivity index (χ3n) is 4.09. The third kappa shape index (κ3) is 5.26. The van der Waals surface area contributed by atoms with Crippen molar-refractivity contribution in [2.24, 2.45) is 0 Å². The maximum absolute atomic E-state index is 11.2. The maximum Gasteiger partial charge on any atom is 0.223 e. The number of hydrogen-bond acceptors (Lipinski definition) is 6. The zero-order valence-corrected chi connectivity index (χ0v) is 15.1. The molecular weight excluding hydrogens is 338 g/mol. The lowest BCUT2D eigenvalue weighted by Gasteiger charge is -2.25. The summed E-state index contributed by atoms with van der Waals surface area (Å²) in [5.74, 6) is 0.184. The van der Waals surface area contributed by atoms with Crippen molar-refractivity contribution < 1.29 is 14.6 Å². The Morgan fingerprint density at radius 1 is 1.44 bits per heavy atom. The fraction of sp³-hybridized carbons (Fsp3) is 0.444. The first-order valence-corrected chi connectivity index (χ1v) is 9.31. The molecule has 0 spiro atoms. The van der Waals surface area contributed by atoms with Crippen molar-refractivity contribution in [1.82, 2.24) is 9.88 Å². The number of hydrogen-bond donors (Lipinski definition) is 2. The molecule has 2 heterocycles. The van der Waals surface area contributed by atoms with Crippen molar-refractivity contribution in [3.8, 4) is 5.75 Å². The topological polar surface area (TPSA) is 74.7 Å². The third-order valence-corrected chi connectivity index (χ3v) is 4.90. The van der Waals surface area contributed by atoms with Crippen molar-refractivity contribution >= 4 is 22.4 Å². The van der Waals surface area contributed by atoms with Crippen molar-refractivity contribution in [2.45, 2.75) is 39.0 Å². The SMILES string of the molecule is CC(=O)Nc1nc(CN(Cc2ccccc2O)CC2CCCO2)cs1. The molecule has 6 nitrogen and oxygen atoms in total. The lowest BCUT2D eigenvalue weighted by Crippen LogP contribution is -2.31. The molecule has 3 rings (SSSR count). The molecule has 2 N–H and O–H groups in total. The maximum atomic E-state index is 11.2. The highest BCUT2D eigenvalue weighted by molar-refractivity contribution is 7.13. The van der Waals surface area contributed by atoms with Crippen LogP contribution in [0.25, 0.3) is 0 Å². The van der Waals surface area contributed by atoms with Crippen LogP contribution in [0, 0.1) is 0 Å². The van der Waals surface area contributed by atoms with Gasteiger partial charge in [-0.05, 0) is 18.9 Å². The minimum atomic E-state index is -0.119. The number of benzene rings is 1. The van der Waals surface area contributed by atoms with Crippen LogP contribution in [0.15, 0.2) is 29.6 Å². The van der Waals surface area contributed by atoms with Gasteiger partial charge in [0.2, 0.25) is 5.91 Å². The number of aromatic hydroxyl groups is 1. The summed E-state index contributed by atoms with van der Waals surface area (Å²) in [7, 11) is 0. The Bertz CT molecular complexity index is 713. The average molecular weight is 361 g/mol. The molecule has 1 aromatic carbocycles. The predicted octanol–water partition coefficient (Wildman–Crippen LogP) is 2.99. The molecule has 134 valence electrons. The van der Waals surface area contributed by atoms with Crippen molar-refractivity contribution in [3.05, 3.63) is 40.9 Å². The number of amides is 1. The van der Waals surface area contributed by atoms with Gasteiger partial charge in [-0.3, -0.25) is 9.69 Å². The fourth-order valence-corrected chi connectivity index (χ4v) is 3.71. The first kappa shape index (κ1) is 17.8. The molecular formula is C18H23N3O3S. The number of phenolic OH excluding ortho intramolecular Hbond substituents is 1. The Hall–Kier alpha value is -1.96. The number of thiazole rings is 1. The number of nitrogens with zero attached hydrogens (tertiary/aromatic N) is 2. The summed E-state index contributed by atoms with van der Waals surface area (Å²) in [6, 6.07) is 7.39. The van der Waals surface area contributed by atoms with Crippen molar-refractivity contribution in [1.29, 1.82) is 0 Å². The molecule has 0 bridgehead atoms. The number of phenols is 1. The normalized spacial score (nSPS) is 17.1. The highest BCUT2D eigenvalue weighted by Crippen LogP contribution is 2.23. The molecule has 1 saturated heterocycles. The van der Waals surface area contributed by atoms with E-state index >= 15 is 0 Å². The van der Waals surface area contributed by atoms with Crippen molar-refractivity contribution in [3.63, 3.8) is 0 Å². The summed E-state index contributed by atoms with van der Waals surface area (Å²) in [6.07, 6.45) is 2.38. The lowest BCUT2D eigenvalue weighted by atomic mass is 10.1. The Balaban J connectivity index is 1.70. The molecule has 0 aliphatic carbocycles. The zero-order chi connectivity index (χ0) is 17.6. The van der Waals surface area contributed by atoms with E-state index in [1.165, 1.54) is 18.3 Å². The minimum absolute atomic E-state index is 0.119. The van der Waals surface area contributed by atoms with Gasteiger partial charge < -0.3 is 15.2 Å². The Morgan fingerprint density at radius 3 is 3.00 bits per heavy atom. The van der Waals surface area contributed by atoms with Crippen molar-refractivity contribution in [2.75, 3.05) is 18.5 Å². The van der Waals surface area contributed by atoms with Crippen LogP contribution in [0.5, 0.6) is 5.75 Å². The Morgan fingerprint density at radius 2 is 2.28 bits per heavy atom. The Kier molecular flexibility index (Phi) is 6.01. The van der Waals surface area contributed by atoms with Crippen LogP contribution in [0.1, 0.15) is 31.0 Å². The lowest BCUT2D eigenvalue weighted by molar-refractivity contribution is -0.114. The highest BCUT2D eigenvalue weighted by atomic mass is 32.1. The number of aromatic nitrogens is 1. The van der Waals surface area contributed by atoms with Crippen LogP contribution in [-0.4, -0.2) is 40.2 Å². The quantitative estimate of drug-likeness (QED) is 0.793. The predicted molar refractivity (Wildman–Crippen MR) is 97.6 cm³/mol. The summed E-state index contributed by atoms with van der Waals surface area (Å²) in [4.78, 5) is 17.9. The van der Waals surface area contributed by atoms with Crippen LogP contribution in [-0.2, 0) is 22.6 Å². The molecule has 1 aliphatic rings. The van der Waals surface area contributed by atoms with Crippen LogP contribution >= 0.6 is 11.3 Å². The van der Waals surface area contributed by atoms with E-state index in [0.29, 0.717) is 24.0 Å². The van der Waals surface area contributed by atoms with E-state index in [4.69, 9.17) is 4.74 Å². The molecule has 1 atom stereocenters. The first-order valence-electron chi connectivity index (χ1n) is 8.43. The Labute approximate surface area is 151 Å². The number of rotatable bonds is 7. The molecule has 7 heteroatoms. The number of nitrogens with one attached hydrogen (secondary N) is 1. The van der Waals surface area contributed by atoms with Gasteiger partial charge in [-0.15, -0.1) is 11.3 Å². The second-order valence-electron chi connectivity index (χ2n) is 6.26. The second kappa shape index (κ2) is 8.42. The van der Waals surface area contributed by atoms with E-state index in [9.17, 15) is 9.90 Å². The molecule has 1 fully saturated rings. The smallest absolute Gasteiger partial charge is 0.223 e.